The number of carbonyl (C=O) groups is 1. The predicted molar refractivity (Wildman–Crippen MR) is 112 cm³/mol. The second-order valence-electron chi connectivity index (χ2n) is 7.15. The van der Waals surface area contributed by atoms with Gasteiger partial charge in [-0.05, 0) is 29.8 Å². The van der Waals surface area contributed by atoms with Gasteiger partial charge in [0, 0.05) is 22.8 Å². The number of halogens is 6. The quantitative estimate of drug-likeness (QED) is 0.329. The van der Waals surface area contributed by atoms with E-state index in [0.29, 0.717) is 5.56 Å². The van der Waals surface area contributed by atoms with Crippen LogP contribution in [0.2, 0.25) is 0 Å². The van der Waals surface area contributed by atoms with Crippen molar-refractivity contribution in [2.75, 3.05) is 5.32 Å². The smallest absolute Gasteiger partial charge is 0.322 e. The van der Waals surface area contributed by atoms with Gasteiger partial charge in [-0.3, -0.25) is 9.78 Å². The monoisotopic (exact) mass is 460 g/mol. The number of nitrogens with one attached hydrogen (secondary N) is 1. The van der Waals surface area contributed by atoms with Crippen molar-refractivity contribution in [3.05, 3.63) is 95.7 Å². The molecule has 0 bridgehead atoms. The van der Waals surface area contributed by atoms with E-state index in [0.717, 1.165) is 30.5 Å². The van der Waals surface area contributed by atoms with Gasteiger partial charge < -0.3 is 5.32 Å². The second kappa shape index (κ2) is 8.23. The fourth-order valence-electron chi connectivity index (χ4n) is 3.51. The summed E-state index contributed by atoms with van der Waals surface area (Å²) in [6.45, 7) is 0. The number of hydrogen-bond donors (Lipinski definition) is 1. The third-order valence-corrected chi connectivity index (χ3v) is 4.96. The SMILES string of the molecule is O=C(Nc1cccc(C(F)(F)F)c1)c1cnc2c(C(F)(F)F)cccc2c1-c1ccccc1. The van der Waals surface area contributed by atoms with E-state index in [2.05, 4.69) is 10.3 Å². The molecule has 0 aliphatic heterocycles. The lowest BCUT2D eigenvalue weighted by atomic mass is 9.94. The van der Waals surface area contributed by atoms with Crippen molar-refractivity contribution in [3.8, 4) is 11.1 Å². The molecule has 9 heteroatoms. The Bertz CT molecular complexity index is 1330. The fourth-order valence-corrected chi connectivity index (χ4v) is 3.51. The van der Waals surface area contributed by atoms with Crippen LogP contribution < -0.4 is 5.32 Å². The van der Waals surface area contributed by atoms with E-state index in [1.165, 1.54) is 18.2 Å². The highest BCUT2D eigenvalue weighted by Crippen LogP contribution is 2.38. The lowest BCUT2D eigenvalue weighted by Crippen LogP contribution is -2.15. The van der Waals surface area contributed by atoms with E-state index < -0.39 is 29.4 Å². The summed E-state index contributed by atoms with van der Waals surface area (Å²) in [6.07, 6.45) is -8.26. The molecule has 4 rings (SSSR count). The summed E-state index contributed by atoms with van der Waals surface area (Å²) < 4.78 is 79.6. The number of para-hydroxylation sites is 1. The molecule has 33 heavy (non-hydrogen) atoms. The van der Waals surface area contributed by atoms with Crippen molar-refractivity contribution in [1.82, 2.24) is 4.98 Å². The molecule has 1 amide bonds. The minimum atomic E-state index is -4.66. The Kier molecular flexibility index (Phi) is 5.57. The molecule has 0 aliphatic rings. The number of rotatable bonds is 3. The summed E-state index contributed by atoms with van der Waals surface area (Å²) in [5.74, 6) is -0.806. The molecule has 3 nitrogen and oxygen atoms in total. The van der Waals surface area contributed by atoms with Crippen molar-refractivity contribution in [3.63, 3.8) is 0 Å². The van der Waals surface area contributed by atoms with Crippen LogP contribution in [0.5, 0.6) is 0 Å². The average Bonchev–Trinajstić information content (AvgIpc) is 2.77. The lowest BCUT2D eigenvalue weighted by molar-refractivity contribution is -0.138. The van der Waals surface area contributed by atoms with Crippen molar-refractivity contribution in [2.24, 2.45) is 0 Å². The third-order valence-electron chi connectivity index (χ3n) is 4.96. The van der Waals surface area contributed by atoms with Crippen LogP contribution in [0.3, 0.4) is 0 Å². The lowest BCUT2D eigenvalue weighted by Gasteiger charge is -2.16. The van der Waals surface area contributed by atoms with E-state index in [1.807, 2.05) is 0 Å². The first-order valence-electron chi connectivity index (χ1n) is 9.58. The number of pyridine rings is 1. The maximum Gasteiger partial charge on any atom is 0.418 e. The summed E-state index contributed by atoms with van der Waals surface area (Å²) in [6, 6.07) is 15.9. The highest BCUT2D eigenvalue weighted by molar-refractivity contribution is 6.13. The Morgan fingerprint density at radius 2 is 1.48 bits per heavy atom. The van der Waals surface area contributed by atoms with Gasteiger partial charge in [-0.15, -0.1) is 0 Å². The average molecular weight is 460 g/mol. The molecule has 0 unspecified atom stereocenters. The maximum atomic E-state index is 13.5. The largest absolute Gasteiger partial charge is 0.418 e. The standard InChI is InChI=1S/C24H14F6N2O/c25-23(26,27)15-8-4-9-16(12-15)32-22(33)18-13-31-21-17(10-5-11-19(21)24(28,29)30)20(18)14-6-2-1-3-7-14/h1-13H,(H,32,33). The summed E-state index contributed by atoms with van der Waals surface area (Å²) in [7, 11) is 0. The minimum Gasteiger partial charge on any atom is -0.322 e. The predicted octanol–water partition coefficient (Wildman–Crippen LogP) is 7.19. The number of alkyl halides is 6. The van der Waals surface area contributed by atoms with Gasteiger partial charge in [0.2, 0.25) is 0 Å². The number of nitrogens with zero attached hydrogens (tertiary/aromatic N) is 1. The Balaban J connectivity index is 1.87. The second-order valence-corrected chi connectivity index (χ2v) is 7.15. The zero-order valence-electron chi connectivity index (χ0n) is 16.6. The van der Waals surface area contributed by atoms with Crippen molar-refractivity contribution in [2.45, 2.75) is 12.4 Å². The Labute approximate surface area is 183 Å². The van der Waals surface area contributed by atoms with Gasteiger partial charge in [-0.25, -0.2) is 0 Å². The molecule has 168 valence electrons. The third kappa shape index (κ3) is 4.52. The molecule has 0 saturated carbocycles. The summed E-state index contributed by atoms with van der Waals surface area (Å²) in [5.41, 5.74) is -1.78. The highest BCUT2D eigenvalue weighted by Gasteiger charge is 2.34. The van der Waals surface area contributed by atoms with Crippen molar-refractivity contribution < 1.29 is 31.1 Å². The number of hydrogen-bond acceptors (Lipinski definition) is 2. The molecule has 4 aromatic rings. The number of anilines is 1. The number of fused-ring (bicyclic) bond motifs is 1. The van der Waals surface area contributed by atoms with Gasteiger partial charge >= 0.3 is 12.4 Å². The first kappa shape index (κ1) is 22.3. The van der Waals surface area contributed by atoms with Gasteiger partial charge in [0.25, 0.3) is 5.91 Å². The zero-order chi connectivity index (χ0) is 23.8. The van der Waals surface area contributed by atoms with E-state index in [9.17, 15) is 31.1 Å². The van der Waals surface area contributed by atoms with Crippen LogP contribution in [-0.2, 0) is 12.4 Å². The number of aromatic nitrogens is 1. The molecule has 1 N–H and O–H groups in total. The Morgan fingerprint density at radius 1 is 0.788 bits per heavy atom. The van der Waals surface area contributed by atoms with Gasteiger partial charge in [-0.1, -0.05) is 48.5 Å². The summed E-state index contributed by atoms with van der Waals surface area (Å²) in [4.78, 5) is 16.9. The highest BCUT2D eigenvalue weighted by atomic mass is 19.4. The maximum absolute atomic E-state index is 13.5. The van der Waals surface area contributed by atoms with Crippen LogP contribution in [0.15, 0.2) is 79.0 Å². The zero-order valence-corrected chi connectivity index (χ0v) is 16.6. The molecule has 1 heterocycles. The summed E-state index contributed by atoms with van der Waals surface area (Å²) >= 11 is 0. The number of amides is 1. The van der Waals surface area contributed by atoms with Crippen LogP contribution in [0, 0.1) is 0 Å². The first-order chi connectivity index (χ1) is 15.6. The van der Waals surface area contributed by atoms with Crippen LogP contribution in [0.4, 0.5) is 32.0 Å². The topological polar surface area (TPSA) is 42.0 Å². The molecule has 0 aliphatic carbocycles. The van der Waals surface area contributed by atoms with E-state index in [-0.39, 0.29) is 27.7 Å². The molecule has 0 saturated heterocycles. The normalized spacial score (nSPS) is 12.1. The summed E-state index contributed by atoms with van der Waals surface area (Å²) in [5, 5.41) is 2.48. The minimum absolute atomic E-state index is 0.0783. The van der Waals surface area contributed by atoms with Crippen LogP contribution in [-0.4, -0.2) is 10.9 Å². The van der Waals surface area contributed by atoms with Crippen LogP contribution in [0.25, 0.3) is 22.0 Å². The number of benzene rings is 3. The molecular formula is C24H14F6N2O. The van der Waals surface area contributed by atoms with E-state index >= 15 is 0 Å². The molecule has 0 fully saturated rings. The molecular weight excluding hydrogens is 446 g/mol. The van der Waals surface area contributed by atoms with Gasteiger partial charge in [0.15, 0.2) is 0 Å². The van der Waals surface area contributed by atoms with Crippen molar-refractivity contribution in [1.29, 1.82) is 0 Å². The fraction of sp³-hybridized carbons (Fsp3) is 0.0833. The van der Waals surface area contributed by atoms with E-state index in [1.54, 1.807) is 30.3 Å². The van der Waals surface area contributed by atoms with E-state index in [4.69, 9.17) is 0 Å². The Hall–Kier alpha value is -3.88. The van der Waals surface area contributed by atoms with Gasteiger partial charge in [0.1, 0.15) is 0 Å². The van der Waals surface area contributed by atoms with Crippen LogP contribution >= 0.6 is 0 Å². The van der Waals surface area contributed by atoms with Crippen molar-refractivity contribution >= 4 is 22.5 Å². The Morgan fingerprint density at radius 3 is 2.15 bits per heavy atom. The molecule has 1 aromatic heterocycles. The molecule has 0 spiro atoms. The van der Waals surface area contributed by atoms with Gasteiger partial charge in [0.05, 0.1) is 22.2 Å². The van der Waals surface area contributed by atoms with Gasteiger partial charge in [-0.2, -0.15) is 26.3 Å². The number of carbonyl (C=O) groups excluding carboxylic acids is 1. The molecule has 0 radical (unpaired) electrons. The van der Waals surface area contributed by atoms with Crippen LogP contribution in [0.1, 0.15) is 21.5 Å². The molecule has 3 aromatic carbocycles. The first-order valence-corrected chi connectivity index (χ1v) is 9.58. The molecule has 0 atom stereocenters.